The number of hydrogen-bond donors (Lipinski definition) is 2. The number of piperidine rings is 1. The van der Waals surface area contributed by atoms with Gasteiger partial charge < -0.3 is 16.0 Å². The fourth-order valence-electron chi connectivity index (χ4n) is 2.60. The molecular formula is C15H23N3O. The van der Waals surface area contributed by atoms with Crippen LogP contribution in [-0.2, 0) is 4.79 Å². The standard InChI is InChI=1S/C15H23N3O/c1-3-15(19)17-12-7-8-14(13(16)10-12)18-9-5-4-6-11(18)2/h7-8,10-11H,3-6,9,16H2,1-2H3,(H,17,19)/t11-/m0/s1. The second kappa shape index (κ2) is 5.95. The minimum Gasteiger partial charge on any atom is -0.397 e. The third-order valence-electron chi connectivity index (χ3n) is 3.74. The molecule has 2 rings (SSSR count). The first-order valence-corrected chi connectivity index (χ1v) is 7.08. The highest BCUT2D eigenvalue weighted by Gasteiger charge is 2.20. The molecule has 1 aromatic carbocycles. The summed E-state index contributed by atoms with van der Waals surface area (Å²) in [6.07, 6.45) is 4.21. The number of anilines is 3. The van der Waals surface area contributed by atoms with Gasteiger partial charge in [-0.2, -0.15) is 0 Å². The van der Waals surface area contributed by atoms with E-state index in [9.17, 15) is 4.79 Å². The van der Waals surface area contributed by atoms with E-state index >= 15 is 0 Å². The predicted molar refractivity (Wildman–Crippen MR) is 80.4 cm³/mol. The first-order valence-electron chi connectivity index (χ1n) is 7.08. The Morgan fingerprint density at radius 1 is 1.47 bits per heavy atom. The van der Waals surface area contributed by atoms with Crippen molar-refractivity contribution in [3.8, 4) is 0 Å². The molecule has 4 nitrogen and oxygen atoms in total. The van der Waals surface area contributed by atoms with Crippen molar-refractivity contribution in [3.05, 3.63) is 18.2 Å². The van der Waals surface area contributed by atoms with Crippen LogP contribution >= 0.6 is 0 Å². The van der Waals surface area contributed by atoms with Crippen molar-refractivity contribution in [2.24, 2.45) is 0 Å². The van der Waals surface area contributed by atoms with E-state index in [1.165, 1.54) is 19.3 Å². The molecule has 1 aliphatic rings. The lowest BCUT2D eigenvalue weighted by Gasteiger charge is -2.36. The monoisotopic (exact) mass is 261 g/mol. The molecule has 104 valence electrons. The molecule has 1 heterocycles. The molecule has 0 aromatic heterocycles. The molecule has 1 amide bonds. The molecule has 1 aromatic rings. The molecule has 0 saturated carbocycles. The lowest BCUT2D eigenvalue weighted by molar-refractivity contribution is -0.115. The molecule has 0 aliphatic carbocycles. The fourth-order valence-corrected chi connectivity index (χ4v) is 2.60. The van der Waals surface area contributed by atoms with E-state index in [1.807, 2.05) is 25.1 Å². The number of rotatable bonds is 3. The number of carbonyl (C=O) groups excluding carboxylic acids is 1. The van der Waals surface area contributed by atoms with Crippen molar-refractivity contribution in [2.45, 2.75) is 45.6 Å². The van der Waals surface area contributed by atoms with Crippen molar-refractivity contribution in [3.63, 3.8) is 0 Å². The Labute approximate surface area is 115 Å². The Morgan fingerprint density at radius 2 is 2.26 bits per heavy atom. The number of nitrogen functional groups attached to an aromatic ring is 1. The molecule has 1 fully saturated rings. The second-order valence-electron chi connectivity index (χ2n) is 5.21. The zero-order valence-corrected chi connectivity index (χ0v) is 11.8. The highest BCUT2D eigenvalue weighted by atomic mass is 16.1. The van der Waals surface area contributed by atoms with Gasteiger partial charge in [-0.3, -0.25) is 4.79 Å². The van der Waals surface area contributed by atoms with Gasteiger partial charge in [0.15, 0.2) is 0 Å². The Kier molecular flexibility index (Phi) is 4.30. The summed E-state index contributed by atoms with van der Waals surface area (Å²) in [5.74, 6) is 0.0125. The number of nitrogens with two attached hydrogens (primary N) is 1. The van der Waals surface area contributed by atoms with E-state index in [2.05, 4.69) is 17.1 Å². The quantitative estimate of drug-likeness (QED) is 0.822. The number of nitrogens with one attached hydrogen (secondary N) is 1. The van der Waals surface area contributed by atoms with Crippen molar-refractivity contribution in [1.82, 2.24) is 0 Å². The highest BCUT2D eigenvalue weighted by molar-refractivity contribution is 5.91. The normalized spacial score (nSPS) is 19.3. The van der Waals surface area contributed by atoms with Crippen LogP contribution in [0.2, 0.25) is 0 Å². The second-order valence-corrected chi connectivity index (χ2v) is 5.21. The third kappa shape index (κ3) is 3.19. The third-order valence-corrected chi connectivity index (χ3v) is 3.74. The zero-order chi connectivity index (χ0) is 13.8. The van der Waals surface area contributed by atoms with E-state index in [4.69, 9.17) is 5.73 Å². The molecule has 1 saturated heterocycles. The summed E-state index contributed by atoms with van der Waals surface area (Å²) in [7, 11) is 0. The van der Waals surface area contributed by atoms with E-state index in [0.717, 1.165) is 23.6 Å². The van der Waals surface area contributed by atoms with Crippen LogP contribution < -0.4 is 16.0 Å². The summed E-state index contributed by atoms with van der Waals surface area (Å²) in [6, 6.07) is 6.33. The number of nitrogens with zero attached hydrogens (tertiary/aromatic N) is 1. The molecule has 0 spiro atoms. The van der Waals surface area contributed by atoms with Crippen LogP contribution in [-0.4, -0.2) is 18.5 Å². The summed E-state index contributed by atoms with van der Waals surface area (Å²) in [5.41, 5.74) is 8.74. The highest BCUT2D eigenvalue weighted by Crippen LogP contribution is 2.31. The van der Waals surface area contributed by atoms with Gasteiger partial charge in [0, 0.05) is 24.7 Å². The van der Waals surface area contributed by atoms with E-state index in [1.54, 1.807) is 0 Å². The summed E-state index contributed by atoms with van der Waals surface area (Å²) in [5, 5.41) is 2.84. The van der Waals surface area contributed by atoms with Gasteiger partial charge in [-0.15, -0.1) is 0 Å². The number of hydrogen-bond acceptors (Lipinski definition) is 3. The lowest BCUT2D eigenvalue weighted by atomic mass is 10.0. The van der Waals surface area contributed by atoms with Crippen LogP contribution in [0.5, 0.6) is 0 Å². The molecule has 4 heteroatoms. The fraction of sp³-hybridized carbons (Fsp3) is 0.533. The topological polar surface area (TPSA) is 58.4 Å². The maximum absolute atomic E-state index is 11.4. The van der Waals surface area contributed by atoms with Crippen molar-refractivity contribution in [2.75, 3.05) is 22.5 Å². The van der Waals surface area contributed by atoms with Crippen LogP contribution in [0, 0.1) is 0 Å². The van der Waals surface area contributed by atoms with Gasteiger partial charge in [0.25, 0.3) is 0 Å². The van der Waals surface area contributed by atoms with Gasteiger partial charge in [-0.25, -0.2) is 0 Å². The Bertz CT molecular complexity index is 459. The van der Waals surface area contributed by atoms with Gasteiger partial charge >= 0.3 is 0 Å². The smallest absolute Gasteiger partial charge is 0.224 e. The Hall–Kier alpha value is -1.71. The Balaban J connectivity index is 2.16. The number of carbonyl (C=O) groups is 1. The van der Waals surface area contributed by atoms with Gasteiger partial charge in [0.2, 0.25) is 5.91 Å². The molecule has 1 aliphatic heterocycles. The Morgan fingerprint density at radius 3 is 2.89 bits per heavy atom. The molecule has 0 radical (unpaired) electrons. The van der Waals surface area contributed by atoms with Gasteiger partial charge in [0.05, 0.1) is 11.4 Å². The summed E-state index contributed by atoms with van der Waals surface area (Å²) >= 11 is 0. The molecule has 0 unspecified atom stereocenters. The first-order chi connectivity index (χ1) is 9.11. The number of benzene rings is 1. The molecular weight excluding hydrogens is 238 g/mol. The van der Waals surface area contributed by atoms with Gasteiger partial charge in [0.1, 0.15) is 0 Å². The summed E-state index contributed by atoms with van der Waals surface area (Å²) in [6.45, 7) is 5.14. The average molecular weight is 261 g/mol. The van der Waals surface area contributed by atoms with E-state index in [0.29, 0.717) is 12.5 Å². The lowest BCUT2D eigenvalue weighted by Crippen LogP contribution is -2.37. The van der Waals surface area contributed by atoms with Crippen molar-refractivity contribution >= 4 is 23.0 Å². The van der Waals surface area contributed by atoms with Crippen molar-refractivity contribution in [1.29, 1.82) is 0 Å². The molecule has 3 N–H and O–H groups in total. The van der Waals surface area contributed by atoms with Crippen LogP contribution in [0.3, 0.4) is 0 Å². The van der Waals surface area contributed by atoms with Crippen molar-refractivity contribution < 1.29 is 4.79 Å². The van der Waals surface area contributed by atoms with Crippen LogP contribution in [0.25, 0.3) is 0 Å². The summed E-state index contributed by atoms with van der Waals surface area (Å²) in [4.78, 5) is 13.7. The SMILES string of the molecule is CCC(=O)Nc1ccc(N2CCCC[C@@H]2C)c(N)c1. The van der Waals surface area contributed by atoms with E-state index in [-0.39, 0.29) is 5.91 Å². The van der Waals surface area contributed by atoms with Crippen LogP contribution in [0.1, 0.15) is 39.5 Å². The predicted octanol–water partition coefficient (Wildman–Crippen LogP) is 3.00. The zero-order valence-electron chi connectivity index (χ0n) is 11.8. The minimum atomic E-state index is 0.0125. The van der Waals surface area contributed by atoms with Crippen LogP contribution in [0.4, 0.5) is 17.1 Å². The molecule has 1 atom stereocenters. The van der Waals surface area contributed by atoms with Crippen LogP contribution in [0.15, 0.2) is 18.2 Å². The average Bonchev–Trinajstić information content (AvgIpc) is 2.40. The molecule has 19 heavy (non-hydrogen) atoms. The molecule has 0 bridgehead atoms. The maximum atomic E-state index is 11.4. The summed E-state index contributed by atoms with van der Waals surface area (Å²) < 4.78 is 0. The minimum absolute atomic E-state index is 0.0125. The van der Waals surface area contributed by atoms with Gasteiger partial charge in [-0.05, 0) is 44.4 Å². The van der Waals surface area contributed by atoms with E-state index < -0.39 is 0 Å². The maximum Gasteiger partial charge on any atom is 0.224 e. The first kappa shape index (κ1) is 13.7. The number of amides is 1. The largest absolute Gasteiger partial charge is 0.397 e. The van der Waals surface area contributed by atoms with Gasteiger partial charge in [-0.1, -0.05) is 6.92 Å².